The summed E-state index contributed by atoms with van der Waals surface area (Å²) in [6.45, 7) is 0. The summed E-state index contributed by atoms with van der Waals surface area (Å²) in [6, 6.07) is 4.50. The minimum absolute atomic E-state index is 0.261. The molecule has 0 amide bonds. The highest BCUT2D eigenvalue weighted by Crippen LogP contribution is 2.28. The van der Waals surface area contributed by atoms with Crippen molar-refractivity contribution >= 4 is 33.2 Å². The van der Waals surface area contributed by atoms with Gasteiger partial charge in [0, 0.05) is 6.07 Å². The van der Waals surface area contributed by atoms with Gasteiger partial charge in [-0.1, -0.05) is 0 Å². The minimum atomic E-state index is -1.22. The second-order valence-electron chi connectivity index (χ2n) is 2.89. The highest BCUT2D eigenvalue weighted by atomic mass is 79.9. The first-order valence-electron chi connectivity index (χ1n) is 4.16. The Labute approximate surface area is 102 Å². The van der Waals surface area contributed by atoms with Gasteiger partial charge in [0.25, 0.3) is 5.56 Å². The fourth-order valence-electron chi connectivity index (χ4n) is 1.13. The SMILES string of the molecule is O=C(O)c1cc(=O)[nH]c(-c2ccc(Br)s2)n1. The van der Waals surface area contributed by atoms with E-state index in [1.807, 2.05) is 0 Å². The molecule has 0 bridgehead atoms. The predicted molar refractivity (Wildman–Crippen MR) is 62.8 cm³/mol. The van der Waals surface area contributed by atoms with Gasteiger partial charge in [-0.25, -0.2) is 9.78 Å². The Morgan fingerprint density at radius 3 is 2.81 bits per heavy atom. The van der Waals surface area contributed by atoms with Gasteiger partial charge in [0.05, 0.1) is 8.66 Å². The smallest absolute Gasteiger partial charge is 0.354 e. The molecule has 5 nitrogen and oxygen atoms in total. The Bertz CT molecular complexity index is 605. The molecule has 0 saturated carbocycles. The zero-order chi connectivity index (χ0) is 11.7. The predicted octanol–water partition coefficient (Wildman–Crippen LogP) is 1.96. The Morgan fingerprint density at radius 2 is 2.25 bits per heavy atom. The number of rotatable bonds is 2. The molecule has 0 fully saturated rings. The van der Waals surface area contributed by atoms with Crippen molar-refractivity contribution in [2.75, 3.05) is 0 Å². The number of nitrogens with one attached hydrogen (secondary N) is 1. The molecular formula is C9H5BrN2O3S. The maximum atomic E-state index is 11.2. The molecule has 7 heteroatoms. The molecule has 0 aromatic carbocycles. The number of carboxylic acid groups (broad SMARTS) is 1. The highest BCUT2D eigenvalue weighted by Gasteiger charge is 2.10. The second-order valence-corrected chi connectivity index (χ2v) is 5.35. The van der Waals surface area contributed by atoms with Crippen LogP contribution in [0.25, 0.3) is 10.7 Å². The van der Waals surface area contributed by atoms with Crippen LogP contribution in [0.5, 0.6) is 0 Å². The van der Waals surface area contributed by atoms with Gasteiger partial charge in [-0.2, -0.15) is 0 Å². The Morgan fingerprint density at radius 1 is 1.50 bits per heavy atom. The number of aromatic amines is 1. The maximum absolute atomic E-state index is 11.2. The van der Waals surface area contributed by atoms with Crippen molar-refractivity contribution in [1.29, 1.82) is 0 Å². The van der Waals surface area contributed by atoms with Crippen LogP contribution >= 0.6 is 27.3 Å². The monoisotopic (exact) mass is 300 g/mol. The molecule has 0 unspecified atom stereocenters. The normalized spacial score (nSPS) is 10.3. The van der Waals surface area contributed by atoms with Gasteiger partial charge in [-0.15, -0.1) is 11.3 Å². The fourth-order valence-corrected chi connectivity index (χ4v) is 2.46. The first-order valence-corrected chi connectivity index (χ1v) is 5.77. The average molecular weight is 301 g/mol. The summed E-state index contributed by atoms with van der Waals surface area (Å²) >= 11 is 4.64. The molecule has 2 aromatic heterocycles. The van der Waals surface area contributed by atoms with Crippen molar-refractivity contribution in [2.24, 2.45) is 0 Å². The Hall–Kier alpha value is -1.47. The van der Waals surface area contributed by atoms with Crippen molar-refractivity contribution in [3.63, 3.8) is 0 Å². The summed E-state index contributed by atoms with van der Waals surface area (Å²) in [4.78, 5) is 29.0. The molecule has 0 aliphatic heterocycles. The lowest BCUT2D eigenvalue weighted by molar-refractivity contribution is 0.0690. The van der Waals surface area contributed by atoms with Crippen molar-refractivity contribution in [2.45, 2.75) is 0 Å². The van der Waals surface area contributed by atoms with E-state index in [0.29, 0.717) is 4.88 Å². The van der Waals surface area contributed by atoms with Gasteiger partial charge < -0.3 is 10.1 Å². The van der Waals surface area contributed by atoms with E-state index in [1.165, 1.54) is 11.3 Å². The first-order chi connectivity index (χ1) is 7.56. The highest BCUT2D eigenvalue weighted by molar-refractivity contribution is 9.11. The zero-order valence-electron chi connectivity index (χ0n) is 7.73. The van der Waals surface area contributed by atoms with Crippen LogP contribution < -0.4 is 5.56 Å². The van der Waals surface area contributed by atoms with Crippen LogP contribution in [0, 0.1) is 0 Å². The summed E-state index contributed by atoms with van der Waals surface area (Å²) in [5.41, 5.74) is -0.741. The first kappa shape index (κ1) is 11.0. The lowest BCUT2D eigenvalue weighted by Crippen LogP contribution is -2.13. The maximum Gasteiger partial charge on any atom is 0.354 e. The third kappa shape index (κ3) is 2.20. The van der Waals surface area contributed by atoms with Crippen molar-refractivity contribution in [3.8, 4) is 10.7 Å². The van der Waals surface area contributed by atoms with Crippen molar-refractivity contribution in [3.05, 3.63) is 38.0 Å². The molecule has 0 spiro atoms. The lowest BCUT2D eigenvalue weighted by atomic mass is 10.3. The van der Waals surface area contributed by atoms with Crippen molar-refractivity contribution in [1.82, 2.24) is 9.97 Å². The number of thiophene rings is 1. The third-order valence-corrected chi connectivity index (χ3v) is 3.40. The molecule has 0 aliphatic carbocycles. The molecule has 0 saturated heterocycles. The number of aromatic carboxylic acids is 1. The number of halogens is 1. The molecule has 16 heavy (non-hydrogen) atoms. The van der Waals surface area contributed by atoms with Gasteiger partial charge in [0.1, 0.15) is 0 Å². The second kappa shape index (κ2) is 4.18. The van der Waals surface area contributed by atoms with E-state index in [4.69, 9.17) is 5.11 Å². The molecule has 2 rings (SSSR count). The number of nitrogens with zero attached hydrogens (tertiary/aromatic N) is 1. The van der Waals surface area contributed by atoms with Gasteiger partial charge in [0.15, 0.2) is 11.5 Å². The molecule has 2 aromatic rings. The molecule has 0 aliphatic rings. The molecule has 2 heterocycles. The van der Waals surface area contributed by atoms with Crippen LogP contribution in [0.15, 0.2) is 26.8 Å². The van der Waals surface area contributed by atoms with Crippen molar-refractivity contribution < 1.29 is 9.90 Å². The van der Waals surface area contributed by atoms with Crippen LogP contribution in [-0.4, -0.2) is 21.0 Å². The van der Waals surface area contributed by atoms with E-state index in [9.17, 15) is 9.59 Å². The van der Waals surface area contributed by atoms with Gasteiger partial charge in [-0.3, -0.25) is 4.79 Å². The van der Waals surface area contributed by atoms with E-state index < -0.39 is 11.5 Å². The largest absolute Gasteiger partial charge is 0.477 e. The van der Waals surface area contributed by atoms with Crippen LogP contribution in [0.4, 0.5) is 0 Å². The Balaban J connectivity index is 2.57. The summed E-state index contributed by atoms with van der Waals surface area (Å²) in [5.74, 6) is -0.955. The van der Waals surface area contributed by atoms with Crippen LogP contribution in [0.2, 0.25) is 0 Å². The van der Waals surface area contributed by atoms with Gasteiger partial charge in [0.2, 0.25) is 0 Å². The third-order valence-electron chi connectivity index (χ3n) is 1.77. The number of hydrogen-bond acceptors (Lipinski definition) is 4. The number of H-pyrrole nitrogens is 1. The molecular weight excluding hydrogens is 296 g/mol. The van der Waals surface area contributed by atoms with Crippen LogP contribution in [0.1, 0.15) is 10.5 Å². The molecule has 82 valence electrons. The Kier molecular flexibility index (Phi) is 2.88. The van der Waals surface area contributed by atoms with Crippen LogP contribution in [0.3, 0.4) is 0 Å². The molecule has 0 radical (unpaired) electrons. The average Bonchev–Trinajstić information content (AvgIpc) is 2.64. The standard InChI is InChI=1S/C9H5BrN2O3S/c10-6-2-1-5(16-6)8-11-4(9(14)15)3-7(13)12-8/h1-3H,(H,14,15)(H,11,12,13). The van der Waals surface area contributed by atoms with Gasteiger partial charge >= 0.3 is 5.97 Å². The lowest BCUT2D eigenvalue weighted by Gasteiger charge is -1.97. The van der Waals surface area contributed by atoms with E-state index >= 15 is 0 Å². The van der Waals surface area contributed by atoms with Gasteiger partial charge in [-0.05, 0) is 28.1 Å². The fraction of sp³-hybridized carbons (Fsp3) is 0. The van der Waals surface area contributed by atoms with E-state index in [0.717, 1.165) is 9.85 Å². The van der Waals surface area contributed by atoms with E-state index in [2.05, 4.69) is 25.9 Å². The molecule has 2 N–H and O–H groups in total. The number of carbonyl (C=O) groups is 1. The van der Waals surface area contributed by atoms with Crippen LogP contribution in [-0.2, 0) is 0 Å². The van der Waals surface area contributed by atoms with E-state index in [1.54, 1.807) is 12.1 Å². The van der Waals surface area contributed by atoms with E-state index in [-0.39, 0.29) is 11.5 Å². The topological polar surface area (TPSA) is 83.0 Å². The quantitative estimate of drug-likeness (QED) is 0.888. The molecule has 0 atom stereocenters. The zero-order valence-corrected chi connectivity index (χ0v) is 10.1. The number of hydrogen-bond donors (Lipinski definition) is 2. The summed E-state index contributed by atoms with van der Waals surface area (Å²) < 4.78 is 0.880. The summed E-state index contributed by atoms with van der Waals surface area (Å²) in [5, 5.41) is 8.76. The summed E-state index contributed by atoms with van der Waals surface area (Å²) in [7, 11) is 0. The number of carboxylic acids is 1. The summed E-state index contributed by atoms with van der Waals surface area (Å²) in [6.07, 6.45) is 0. The number of aromatic nitrogens is 2. The minimum Gasteiger partial charge on any atom is -0.477 e.